The molecular formula is C11H12O5. The van der Waals surface area contributed by atoms with Crippen molar-refractivity contribution in [1.29, 1.82) is 0 Å². The number of benzene rings is 1. The predicted octanol–water partition coefficient (Wildman–Crippen LogP) is 0.622. The summed E-state index contributed by atoms with van der Waals surface area (Å²) >= 11 is 0. The van der Waals surface area contributed by atoms with Crippen LogP contribution >= 0.6 is 0 Å². The summed E-state index contributed by atoms with van der Waals surface area (Å²) in [5.74, 6) is -0.999. The summed E-state index contributed by atoms with van der Waals surface area (Å²) in [6.07, 6.45) is 0. The van der Waals surface area contributed by atoms with Crippen LogP contribution in [0.25, 0.3) is 0 Å². The fourth-order valence-corrected chi connectivity index (χ4v) is 1.08. The largest absolute Gasteiger partial charge is 0.465 e. The maximum absolute atomic E-state index is 11.3. The summed E-state index contributed by atoms with van der Waals surface area (Å²) in [7, 11) is 1.28. The Morgan fingerprint density at radius 1 is 1.12 bits per heavy atom. The minimum absolute atomic E-state index is 0.0441. The van der Waals surface area contributed by atoms with Crippen molar-refractivity contribution in [1.82, 2.24) is 0 Å². The molecule has 1 aromatic carbocycles. The van der Waals surface area contributed by atoms with Crippen molar-refractivity contribution in [2.24, 2.45) is 0 Å². The van der Waals surface area contributed by atoms with E-state index in [1.54, 1.807) is 0 Å². The predicted molar refractivity (Wildman–Crippen MR) is 55.1 cm³/mol. The molecule has 0 amide bonds. The van der Waals surface area contributed by atoms with Gasteiger partial charge in [0.05, 0.1) is 24.8 Å². The topological polar surface area (TPSA) is 72.8 Å². The molecule has 16 heavy (non-hydrogen) atoms. The van der Waals surface area contributed by atoms with Crippen LogP contribution in [0.3, 0.4) is 0 Å². The standard InChI is InChI=1S/C11H12O5/c1-15-10(13)8-2-4-9(5-3-8)11(14)16-7-6-12/h2-5,12H,6-7H2,1H3. The number of carbonyl (C=O) groups excluding carboxylic acids is 2. The normalized spacial score (nSPS) is 9.62. The van der Waals surface area contributed by atoms with E-state index in [9.17, 15) is 9.59 Å². The number of carbonyl (C=O) groups is 2. The van der Waals surface area contributed by atoms with Gasteiger partial charge in [0, 0.05) is 0 Å². The Balaban J connectivity index is 2.71. The van der Waals surface area contributed by atoms with Gasteiger partial charge in [0.1, 0.15) is 6.61 Å². The second-order valence-electron chi connectivity index (χ2n) is 2.93. The van der Waals surface area contributed by atoms with Crippen LogP contribution in [-0.2, 0) is 9.47 Å². The first-order valence-electron chi connectivity index (χ1n) is 4.65. The van der Waals surface area contributed by atoms with Crippen LogP contribution in [-0.4, -0.2) is 37.4 Å². The molecule has 0 saturated carbocycles. The Kier molecular flexibility index (Phi) is 4.47. The summed E-state index contributed by atoms with van der Waals surface area (Å²) in [6, 6.07) is 5.88. The molecular weight excluding hydrogens is 212 g/mol. The van der Waals surface area contributed by atoms with Gasteiger partial charge < -0.3 is 14.6 Å². The van der Waals surface area contributed by atoms with Crippen LogP contribution in [0.4, 0.5) is 0 Å². The Labute approximate surface area is 92.6 Å². The smallest absolute Gasteiger partial charge is 0.338 e. The van der Waals surface area contributed by atoms with Crippen molar-refractivity contribution in [3.63, 3.8) is 0 Å². The number of esters is 2. The molecule has 0 saturated heterocycles. The van der Waals surface area contributed by atoms with Crippen molar-refractivity contribution < 1.29 is 24.2 Å². The maximum atomic E-state index is 11.3. The Morgan fingerprint density at radius 2 is 1.62 bits per heavy atom. The molecule has 0 radical (unpaired) electrons. The van der Waals surface area contributed by atoms with E-state index in [2.05, 4.69) is 4.74 Å². The zero-order chi connectivity index (χ0) is 12.0. The van der Waals surface area contributed by atoms with Gasteiger partial charge in [-0.3, -0.25) is 0 Å². The molecule has 0 bridgehead atoms. The molecule has 0 aliphatic rings. The van der Waals surface area contributed by atoms with E-state index in [-0.39, 0.29) is 13.2 Å². The maximum Gasteiger partial charge on any atom is 0.338 e. The van der Waals surface area contributed by atoms with Gasteiger partial charge >= 0.3 is 11.9 Å². The van der Waals surface area contributed by atoms with E-state index in [4.69, 9.17) is 9.84 Å². The number of ether oxygens (including phenoxy) is 2. The molecule has 0 spiro atoms. The number of methoxy groups -OCH3 is 1. The molecule has 1 N–H and O–H groups in total. The first-order chi connectivity index (χ1) is 7.69. The number of rotatable bonds is 4. The number of hydrogen-bond acceptors (Lipinski definition) is 5. The third-order valence-electron chi connectivity index (χ3n) is 1.87. The SMILES string of the molecule is COC(=O)c1ccc(C(=O)OCCO)cc1. The van der Waals surface area contributed by atoms with Crippen LogP contribution in [0, 0.1) is 0 Å². The van der Waals surface area contributed by atoms with E-state index in [1.165, 1.54) is 31.4 Å². The van der Waals surface area contributed by atoms with Crippen LogP contribution in [0.1, 0.15) is 20.7 Å². The molecule has 0 aliphatic carbocycles. The second-order valence-corrected chi connectivity index (χ2v) is 2.93. The lowest BCUT2D eigenvalue weighted by Gasteiger charge is -2.03. The summed E-state index contributed by atoms with van der Waals surface area (Å²) in [5.41, 5.74) is 0.683. The first kappa shape index (κ1) is 12.2. The van der Waals surface area contributed by atoms with Crippen LogP contribution in [0.5, 0.6) is 0 Å². The average molecular weight is 224 g/mol. The van der Waals surface area contributed by atoms with E-state index in [1.807, 2.05) is 0 Å². The average Bonchev–Trinajstić information content (AvgIpc) is 2.35. The van der Waals surface area contributed by atoms with Gasteiger partial charge in [0.15, 0.2) is 0 Å². The number of aliphatic hydroxyl groups is 1. The monoisotopic (exact) mass is 224 g/mol. The van der Waals surface area contributed by atoms with E-state index < -0.39 is 11.9 Å². The highest BCUT2D eigenvalue weighted by Crippen LogP contribution is 2.07. The summed E-state index contributed by atoms with van der Waals surface area (Å²) < 4.78 is 9.21. The fourth-order valence-electron chi connectivity index (χ4n) is 1.08. The van der Waals surface area contributed by atoms with Crippen molar-refractivity contribution in [3.8, 4) is 0 Å². The van der Waals surface area contributed by atoms with Gasteiger partial charge in [-0.05, 0) is 24.3 Å². The molecule has 0 aromatic heterocycles. The molecule has 0 unspecified atom stereocenters. The van der Waals surface area contributed by atoms with Crippen LogP contribution in [0.2, 0.25) is 0 Å². The second kappa shape index (κ2) is 5.87. The first-order valence-corrected chi connectivity index (χ1v) is 4.65. The zero-order valence-electron chi connectivity index (χ0n) is 8.80. The fraction of sp³-hybridized carbons (Fsp3) is 0.273. The van der Waals surface area contributed by atoms with Gasteiger partial charge in [0.25, 0.3) is 0 Å². The summed E-state index contributed by atoms with van der Waals surface area (Å²) in [4.78, 5) is 22.4. The lowest BCUT2D eigenvalue weighted by molar-refractivity contribution is 0.0433. The molecule has 86 valence electrons. The van der Waals surface area contributed by atoms with Crippen molar-refractivity contribution in [2.45, 2.75) is 0 Å². The Morgan fingerprint density at radius 3 is 2.06 bits per heavy atom. The summed E-state index contributed by atoms with van der Waals surface area (Å²) in [5, 5.41) is 8.47. The van der Waals surface area contributed by atoms with Crippen molar-refractivity contribution in [3.05, 3.63) is 35.4 Å². The Bertz CT molecular complexity index is 368. The molecule has 0 fully saturated rings. The highest BCUT2D eigenvalue weighted by molar-refractivity contribution is 5.93. The molecule has 5 nitrogen and oxygen atoms in total. The van der Waals surface area contributed by atoms with Crippen molar-refractivity contribution >= 4 is 11.9 Å². The van der Waals surface area contributed by atoms with Crippen LogP contribution < -0.4 is 0 Å². The molecule has 1 aromatic rings. The molecule has 1 rings (SSSR count). The third kappa shape index (κ3) is 3.06. The molecule has 0 aliphatic heterocycles. The molecule has 0 atom stereocenters. The van der Waals surface area contributed by atoms with Crippen LogP contribution in [0.15, 0.2) is 24.3 Å². The van der Waals surface area contributed by atoms with E-state index in [0.29, 0.717) is 11.1 Å². The lowest BCUT2D eigenvalue weighted by Crippen LogP contribution is -2.09. The highest BCUT2D eigenvalue weighted by atomic mass is 16.5. The van der Waals surface area contributed by atoms with Crippen molar-refractivity contribution in [2.75, 3.05) is 20.3 Å². The number of aliphatic hydroxyl groups excluding tert-OH is 1. The highest BCUT2D eigenvalue weighted by Gasteiger charge is 2.09. The lowest BCUT2D eigenvalue weighted by atomic mass is 10.1. The number of hydrogen-bond donors (Lipinski definition) is 1. The minimum Gasteiger partial charge on any atom is -0.465 e. The quantitative estimate of drug-likeness (QED) is 0.759. The Hall–Kier alpha value is -1.88. The summed E-state index contributed by atoms with van der Waals surface area (Å²) in [6.45, 7) is -0.260. The molecule has 0 heterocycles. The van der Waals surface area contributed by atoms with E-state index >= 15 is 0 Å². The third-order valence-corrected chi connectivity index (χ3v) is 1.87. The van der Waals surface area contributed by atoms with Gasteiger partial charge in [-0.15, -0.1) is 0 Å². The van der Waals surface area contributed by atoms with Gasteiger partial charge in [0.2, 0.25) is 0 Å². The van der Waals surface area contributed by atoms with Gasteiger partial charge in [-0.1, -0.05) is 0 Å². The van der Waals surface area contributed by atoms with E-state index in [0.717, 1.165) is 0 Å². The zero-order valence-corrected chi connectivity index (χ0v) is 8.80. The van der Waals surface area contributed by atoms with Gasteiger partial charge in [-0.2, -0.15) is 0 Å². The molecule has 5 heteroatoms. The van der Waals surface area contributed by atoms with Gasteiger partial charge in [-0.25, -0.2) is 9.59 Å². The minimum atomic E-state index is -0.537.